The van der Waals surface area contributed by atoms with Gasteiger partial charge in [0.05, 0.1) is 11.7 Å². The maximum Gasteiger partial charge on any atom is 0.254 e. The fourth-order valence-electron chi connectivity index (χ4n) is 1.28. The zero-order chi connectivity index (χ0) is 10.8. The zero-order valence-corrected chi connectivity index (χ0v) is 9.17. The first-order valence-corrected chi connectivity index (χ1v) is 5.27. The molecular formula is C11H12ClNO2. The molecule has 1 fully saturated rings. The first-order valence-electron chi connectivity index (χ1n) is 4.89. The predicted octanol–water partition coefficient (Wildman–Crippen LogP) is 2.24. The van der Waals surface area contributed by atoms with Crippen molar-refractivity contribution in [2.24, 2.45) is 0 Å². The number of hydrogen-bond donors (Lipinski definition) is 1. The van der Waals surface area contributed by atoms with Crippen molar-refractivity contribution in [1.82, 2.24) is 5.32 Å². The number of benzene rings is 1. The lowest BCUT2D eigenvalue weighted by Crippen LogP contribution is -2.19. The van der Waals surface area contributed by atoms with Gasteiger partial charge in [0.1, 0.15) is 5.75 Å². The predicted molar refractivity (Wildman–Crippen MR) is 58.5 cm³/mol. The van der Waals surface area contributed by atoms with E-state index in [-0.39, 0.29) is 12.0 Å². The highest BCUT2D eigenvalue weighted by Gasteiger charge is 2.25. The molecule has 0 radical (unpaired) electrons. The standard InChI is InChI=1S/C11H12ClNO2/c1-13-11(14)9-6-7(12)2-5-10(9)15-8-3-4-8/h2,5-6,8H,3-4H2,1H3,(H,13,14). The lowest BCUT2D eigenvalue weighted by Gasteiger charge is -2.09. The molecule has 0 bridgehead atoms. The summed E-state index contributed by atoms with van der Waals surface area (Å²) in [5.74, 6) is 0.439. The van der Waals surface area contributed by atoms with Crippen molar-refractivity contribution < 1.29 is 9.53 Å². The number of halogens is 1. The van der Waals surface area contributed by atoms with Crippen molar-refractivity contribution in [3.63, 3.8) is 0 Å². The van der Waals surface area contributed by atoms with Crippen LogP contribution < -0.4 is 10.1 Å². The molecule has 0 atom stereocenters. The molecule has 1 amide bonds. The Morgan fingerprint density at radius 1 is 1.53 bits per heavy atom. The van der Waals surface area contributed by atoms with Gasteiger partial charge in [0.2, 0.25) is 0 Å². The minimum absolute atomic E-state index is 0.173. The molecule has 4 heteroatoms. The van der Waals surface area contributed by atoms with Crippen LogP contribution in [0.15, 0.2) is 18.2 Å². The van der Waals surface area contributed by atoms with Gasteiger partial charge >= 0.3 is 0 Å². The van der Waals surface area contributed by atoms with Gasteiger partial charge in [-0.2, -0.15) is 0 Å². The summed E-state index contributed by atoms with van der Waals surface area (Å²) < 4.78 is 5.61. The molecule has 0 spiro atoms. The lowest BCUT2D eigenvalue weighted by molar-refractivity contribution is 0.0958. The van der Waals surface area contributed by atoms with Crippen LogP contribution >= 0.6 is 11.6 Å². The van der Waals surface area contributed by atoms with Gasteiger partial charge in [0.15, 0.2) is 0 Å². The van der Waals surface area contributed by atoms with E-state index in [1.807, 2.05) is 0 Å². The van der Waals surface area contributed by atoms with E-state index >= 15 is 0 Å². The van der Waals surface area contributed by atoms with Gasteiger partial charge in [-0.05, 0) is 31.0 Å². The van der Waals surface area contributed by atoms with Gasteiger partial charge in [0.25, 0.3) is 5.91 Å². The maximum atomic E-state index is 11.5. The average Bonchev–Trinajstić information content (AvgIpc) is 3.03. The van der Waals surface area contributed by atoms with E-state index in [4.69, 9.17) is 16.3 Å². The molecule has 0 aromatic heterocycles. The fraction of sp³-hybridized carbons (Fsp3) is 0.364. The van der Waals surface area contributed by atoms with Gasteiger partial charge in [0, 0.05) is 12.1 Å². The number of rotatable bonds is 3. The number of nitrogens with one attached hydrogen (secondary N) is 1. The van der Waals surface area contributed by atoms with Crippen molar-refractivity contribution in [3.05, 3.63) is 28.8 Å². The van der Waals surface area contributed by atoms with Crippen molar-refractivity contribution >= 4 is 17.5 Å². The van der Waals surface area contributed by atoms with Crippen LogP contribution in [0.2, 0.25) is 5.02 Å². The number of ether oxygens (including phenoxy) is 1. The molecule has 1 N–H and O–H groups in total. The molecule has 3 nitrogen and oxygen atoms in total. The van der Waals surface area contributed by atoms with Crippen molar-refractivity contribution in [2.75, 3.05) is 7.05 Å². The van der Waals surface area contributed by atoms with E-state index in [1.165, 1.54) is 0 Å². The van der Waals surface area contributed by atoms with E-state index < -0.39 is 0 Å². The summed E-state index contributed by atoms with van der Waals surface area (Å²) >= 11 is 5.83. The summed E-state index contributed by atoms with van der Waals surface area (Å²) in [7, 11) is 1.59. The van der Waals surface area contributed by atoms with Gasteiger partial charge in [-0.25, -0.2) is 0 Å². The van der Waals surface area contributed by atoms with E-state index in [1.54, 1.807) is 25.2 Å². The van der Waals surface area contributed by atoms with Crippen molar-refractivity contribution in [2.45, 2.75) is 18.9 Å². The topological polar surface area (TPSA) is 38.3 Å². The van der Waals surface area contributed by atoms with Gasteiger partial charge in [-0.3, -0.25) is 4.79 Å². The monoisotopic (exact) mass is 225 g/mol. The minimum atomic E-state index is -0.173. The summed E-state index contributed by atoms with van der Waals surface area (Å²) in [6.07, 6.45) is 2.40. The van der Waals surface area contributed by atoms with Crippen LogP contribution in [0.25, 0.3) is 0 Å². The molecule has 1 aliphatic rings. The Morgan fingerprint density at radius 3 is 2.87 bits per heavy atom. The Kier molecular flexibility index (Phi) is 2.82. The zero-order valence-electron chi connectivity index (χ0n) is 8.42. The SMILES string of the molecule is CNC(=O)c1cc(Cl)ccc1OC1CC1. The quantitative estimate of drug-likeness (QED) is 0.857. The summed E-state index contributed by atoms with van der Waals surface area (Å²) in [5.41, 5.74) is 0.497. The summed E-state index contributed by atoms with van der Waals surface area (Å²) in [4.78, 5) is 11.5. The highest BCUT2D eigenvalue weighted by Crippen LogP contribution is 2.30. The molecule has 2 rings (SSSR count). The van der Waals surface area contributed by atoms with Crippen LogP contribution in [0.3, 0.4) is 0 Å². The number of hydrogen-bond acceptors (Lipinski definition) is 2. The smallest absolute Gasteiger partial charge is 0.254 e. The van der Waals surface area contributed by atoms with Crippen LogP contribution in [0.5, 0.6) is 5.75 Å². The summed E-state index contributed by atoms with van der Waals surface area (Å²) in [6.45, 7) is 0. The molecule has 1 aromatic carbocycles. The van der Waals surface area contributed by atoms with Gasteiger partial charge in [-0.15, -0.1) is 0 Å². The second-order valence-electron chi connectivity index (χ2n) is 3.54. The first kappa shape index (κ1) is 10.3. The summed E-state index contributed by atoms with van der Waals surface area (Å²) in [6, 6.07) is 5.09. The Labute approximate surface area is 93.4 Å². The Balaban J connectivity index is 2.29. The Hall–Kier alpha value is -1.22. The fourth-order valence-corrected chi connectivity index (χ4v) is 1.45. The third-order valence-corrected chi connectivity index (χ3v) is 2.47. The van der Waals surface area contributed by atoms with E-state index in [9.17, 15) is 4.79 Å². The van der Waals surface area contributed by atoms with E-state index in [0.717, 1.165) is 12.8 Å². The molecule has 0 aliphatic heterocycles. The summed E-state index contributed by atoms with van der Waals surface area (Å²) in [5, 5.41) is 3.10. The Morgan fingerprint density at radius 2 is 2.27 bits per heavy atom. The molecule has 1 saturated carbocycles. The molecule has 0 unspecified atom stereocenters. The second-order valence-corrected chi connectivity index (χ2v) is 3.97. The number of amides is 1. The van der Waals surface area contributed by atoms with Crippen LogP contribution in [0.1, 0.15) is 23.2 Å². The van der Waals surface area contributed by atoms with Gasteiger partial charge < -0.3 is 10.1 Å². The molecule has 15 heavy (non-hydrogen) atoms. The van der Waals surface area contributed by atoms with Crippen molar-refractivity contribution in [3.8, 4) is 5.75 Å². The molecule has 0 heterocycles. The highest BCUT2D eigenvalue weighted by molar-refractivity contribution is 6.31. The van der Waals surface area contributed by atoms with E-state index in [2.05, 4.69) is 5.32 Å². The first-order chi connectivity index (χ1) is 7.20. The largest absolute Gasteiger partial charge is 0.490 e. The molecule has 1 aromatic rings. The number of carbonyl (C=O) groups excluding carboxylic acids is 1. The van der Waals surface area contributed by atoms with Crippen LogP contribution in [-0.2, 0) is 0 Å². The minimum Gasteiger partial charge on any atom is -0.490 e. The molecule has 1 aliphatic carbocycles. The average molecular weight is 226 g/mol. The molecule has 0 saturated heterocycles. The lowest BCUT2D eigenvalue weighted by atomic mass is 10.2. The van der Waals surface area contributed by atoms with Crippen molar-refractivity contribution in [1.29, 1.82) is 0 Å². The number of carbonyl (C=O) groups is 1. The molecular weight excluding hydrogens is 214 g/mol. The molecule has 80 valence electrons. The van der Waals surface area contributed by atoms with Crippen LogP contribution in [-0.4, -0.2) is 19.1 Å². The third kappa shape index (κ3) is 2.42. The highest BCUT2D eigenvalue weighted by atomic mass is 35.5. The Bertz CT molecular complexity index is 388. The second kappa shape index (κ2) is 4.11. The van der Waals surface area contributed by atoms with Crippen LogP contribution in [0, 0.1) is 0 Å². The van der Waals surface area contributed by atoms with Gasteiger partial charge in [-0.1, -0.05) is 11.6 Å². The van der Waals surface area contributed by atoms with E-state index in [0.29, 0.717) is 16.3 Å². The normalized spacial score (nSPS) is 14.8. The maximum absolute atomic E-state index is 11.5. The third-order valence-electron chi connectivity index (χ3n) is 2.23. The van der Waals surface area contributed by atoms with Crippen LogP contribution in [0.4, 0.5) is 0 Å².